The van der Waals surface area contributed by atoms with Crippen molar-refractivity contribution in [1.82, 2.24) is 9.47 Å². The van der Waals surface area contributed by atoms with Crippen LogP contribution in [-0.2, 0) is 22.6 Å². The van der Waals surface area contributed by atoms with E-state index in [1.807, 2.05) is 46.0 Å². The van der Waals surface area contributed by atoms with E-state index in [2.05, 4.69) is 10.6 Å². The molecule has 1 aromatic heterocycles. The highest BCUT2D eigenvalue weighted by Gasteiger charge is 2.32. The summed E-state index contributed by atoms with van der Waals surface area (Å²) in [5.41, 5.74) is 1.67. The third-order valence-corrected chi connectivity index (χ3v) is 6.06. The molecule has 3 rings (SSSR count). The molecule has 2 heterocycles. The number of aromatic nitrogens is 1. The fraction of sp³-hybridized carbons (Fsp3) is 0.526. The fourth-order valence-corrected chi connectivity index (χ4v) is 5.14. The van der Waals surface area contributed by atoms with Gasteiger partial charge < -0.3 is 14.2 Å². The second-order valence-electron chi connectivity index (χ2n) is 7.69. The Balaban J connectivity index is 1.92. The first-order valence-electron chi connectivity index (χ1n) is 8.59. The van der Waals surface area contributed by atoms with Gasteiger partial charge in [0.05, 0.1) is 15.7 Å². The van der Waals surface area contributed by atoms with Crippen LogP contribution in [0.2, 0.25) is 0 Å². The van der Waals surface area contributed by atoms with Gasteiger partial charge in [0, 0.05) is 48.9 Å². The lowest BCUT2D eigenvalue weighted by molar-refractivity contribution is 0.0286. The summed E-state index contributed by atoms with van der Waals surface area (Å²) in [6.07, 6.45) is 0.483. The van der Waals surface area contributed by atoms with Crippen molar-refractivity contribution in [2.24, 2.45) is 7.05 Å². The molecule has 2 atom stereocenters. The van der Waals surface area contributed by atoms with Gasteiger partial charge in [0.2, 0.25) is 0 Å². The lowest BCUT2D eigenvalue weighted by Crippen LogP contribution is -2.37. The monoisotopic (exact) mass is 362 g/mol. The van der Waals surface area contributed by atoms with Crippen LogP contribution >= 0.6 is 0 Å². The lowest BCUT2D eigenvalue weighted by Gasteiger charge is -2.30. The number of rotatable bonds is 2. The highest BCUT2D eigenvalue weighted by Crippen LogP contribution is 2.39. The summed E-state index contributed by atoms with van der Waals surface area (Å²) in [5.74, 6) is 0.788. The highest BCUT2D eigenvalue weighted by atomic mass is 32.2. The third kappa shape index (κ3) is 3.45. The molecule has 1 aromatic carbocycles. The zero-order chi connectivity index (χ0) is 18.4. The Morgan fingerprint density at radius 3 is 2.72 bits per heavy atom. The molecular weight excluding hydrogens is 336 g/mol. The van der Waals surface area contributed by atoms with Crippen molar-refractivity contribution in [2.45, 2.75) is 43.6 Å². The van der Waals surface area contributed by atoms with Gasteiger partial charge in [-0.15, -0.1) is 0 Å². The fourth-order valence-electron chi connectivity index (χ4n) is 3.49. The average molecular weight is 362 g/mol. The van der Waals surface area contributed by atoms with Gasteiger partial charge in [-0.25, -0.2) is 4.79 Å². The molecule has 0 aliphatic carbocycles. The number of carbonyl (C=O) groups is 1. The normalized spacial score (nSPS) is 20.4. The number of hydrogen-bond acceptors (Lipinski definition) is 3. The van der Waals surface area contributed by atoms with Crippen LogP contribution < -0.4 is 0 Å². The van der Waals surface area contributed by atoms with E-state index in [1.165, 1.54) is 0 Å². The molecule has 0 bridgehead atoms. The van der Waals surface area contributed by atoms with Crippen molar-refractivity contribution in [3.63, 3.8) is 0 Å². The molecule has 136 valence electrons. The van der Waals surface area contributed by atoms with Crippen LogP contribution in [0.25, 0.3) is 10.9 Å². The summed E-state index contributed by atoms with van der Waals surface area (Å²) < 4.78 is 20.3. The van der Waals surface area contributed by atoms with Crippen LogP contribution in [0.5, 0.6) is 0 Å². The van der Waals surface area contributed by atoms with Crippen molar-refractivity contribution >= 4 is 27.8 Å². The Morgan fingerprint density at radius 1 is 1.36 bits per heavy atom. The number of benzene rings is 1. The van der Waals surface area contributed by atoms with Gasteiger partial charge in [-0.05, 0) is 33.3 Å². The van der Waals surface area contributed by atoms with Gasteiger partial charge in [-0.1, -0.05) is 18.2 Å². The Hall–Kier alpha value is -1.82. The minimum Gasteiger partial charge on any atom is -0.444 e. The van der Waals surface area contributed by atoms with Crippen molar-refractivity contribution < 1.29 is 13.7 Å². The van der Waals surface area contributed by atoms with Crippen LogP contribution in [-0.4, -0.2) is 44.7 Å². The summed E-state index contributed by atoms with van der Waals surface area (Å²) in [6, 6.07) is 8.07. The molecule has 0 radical (unpaired) electrons. The van der Waals surface area contributed by atoms with E-state index in [1.54, 1.807) is 11.9 Å². The SMILES string of the molecule is CN(CC1CCS(=O)c2c1n(C)c1ccccc21)C(=O)OC(C)(C)C. The maximum Gasteiger partial charge on any atom is 0.410 e. The number of likely N-dealkylation sites (N-methyl/N-ethyl adjacent to an activating group) is 1. The van der Waals surface area contributed by atoms with E-state index < -0.39 is 16.4 Å². The summed E-state index contributed by atoms with van der Waals surface area (Å²) >= 11 is 0. The number of para-hydroxylation sites is 1. The van der Waals surface area contributed by atoms with E-state index in [0.29, 0.717) is 12.3 Å². The van der Waals surface area contributed by atoms with Crippen LogP contribution in [0.1, 0.15) is 38.8 Å². The minimum atomic E-state index is -0.986. The van der Waals surface area contributed by atoms with E-state index in [-0.39, 0.29) is 12.0 Å². The summed E-state index contributed by atoms with van der Waals surface area (Å²) in [4.78, 5) is 14.9. The topological polar surface area (TPSA) is 51.5 Å². The molecule has 2 aromatic rings. The Bertz CT molecular complexity index is 835. The molecule has 0 saturated carbocycles. The Kier molecular flexibility index (Phi) is 4.66. The van der Waals surface area contributed by atoms with Gasteiger partial charge >= 0.3 is 6.09 Å². The molecule has 0 saturated heterocycles. The first kappa shape index (κ1) is 18.0. The molecular formula is C19H26N2O3S. The van der Waals surface area contributed by atoms with Crippen molar-refractivity contribution in [2.75, 3.05) is 19.3 Å². The summed E-state index contributed by atoms with van der Waals surface area (Å²) in [6.45, 7) is 6.16. The predicted octanol–water partition coefficient (Wildman–Crippen LogP) is 3.64. The van der Waals surface area contributed by atoms with Gasteiger partial charge in [0.15, 0.2) is 0 Å². The quantitative estimate of drug-likeness (QED) is 0.819. The molecule has 0 spiro atoms. The molecule has 6 heteroatoms. The Morgan fingerprint density at radius 2 is 2.04 bits per heavy atom. The largest absolute Gasteiger partial charge is 0.444 e. The molecule has 1 aliphatic rings. The molecule has 1 aliphatic heterocycles. The molecule has 0 fully saturated rings. The molecule has 2 unspecified atom stereocenters. The second-order valence-corrected chi connectivity index (χ2v) is 9.19. The first-order chi connectivity index (χ1) is 11.7. The molecule has 0 N–H and O–H groups in total. The summed E-state index contributed by atoms with van der Waals surface area (Å²) in [7, 11) is 2.80. The minimum absolute atomic E-state index is 0.155. The number of ether oxygens (including phenoxy) is 1. The third-order valence-electron chi connectivity index (χ3n) is 4.57. The van der Waals surface area contributed by atoms with Gasteiger partial charge in [0.25, 0.3) is 0 Å². The average Bonchev–Trinajstić information content (AvgIpc) is 2.83. The van der Waals surface area contributed by atoms with E-state index in [0.717, 1.165) is 27.9 Å². The highest BCUT2D eigenvalue weighted by molar-refractivity contribution is 7.85. The van der Waals surface area contributed by atoms with E-state index >= 15 is 0 Å². The maximum atomic E-state index is 12.7. The second kappa shape index (κ2) is 6.48. The smallest absolute Gasteiger partial charge is 0.410 e. The Labute approximate surface area is 151 Å². The number of fused-ring (bicyclic) bond motifs is 3. The van der Waals surface area contributed by atoms with E-state index in [9.17, 15) is 9.00 Å². The number of aryl methyl sites for hydroxylation is 1. The van der Waals surface area contributed by atoms with Crippen molar-refractivity contribution in [3.8, 4) is 0 Å². The molecule has 25 heavy (non-hydrogen) atoms. The zero-order valence-corrected chi connectivity index (χ0v) is 16.4. The van der Waals surface area contributed by atoms with Crippen molar-refractivity contribution in [1.29, 1.82) is 0 Å². The lowest BCUT2D eigenvalue weighted by atomic mass is 10.0. The number of amides is 1. The van der Waals surface area contributed by atoms with Gasteiger partial charge in [-0.2, -0.15) is 0 Å². The number of nitrogens with zero attached hydrogens (tertiary/aromatic N) is 2. The van der Waals surface area contributed by atoms with Crippen LogP contribution in [0.3, 0.4) is 0 Å². The first-order valence-corrected chi connectivity index (χ1v) is 9.90. The van der Waals surface area contributed by atoms with Gasteiger partial charge in [-0.3, -0.25) is 4.21 Å². The van der Waals surface area contributed by atoms with Gasteiger partial charge in [0.1, 0.15) is 5.60 Å². The number of hydrogen-bond donors (Lipinski definition) is 0. The summed E-state index contributed by atoms with van der Waals surface area (Å²) in [5, 5.41) is 1.06. The number of carbonyl (C=O) groups excluding carboxylic acids is 1. The molecule has 1 amide bonds. The van der Waals surface area contributed by atoms with Crippen LogP contribution in [0.4, 0.5) is 4.79 Å². The maximum absolute atomic E-state index is 12.7. The van der Waals surface area contributed by atoms with Crippen LogP contribution in [0.15, 0.2) is 29.2 Å². The van der Waals surface area contributed by atoms with Crippen molar-refractivity contribution in [3.05, 3.63) is 30.0 Å². The van der Waals surface area contributed by atoms with E-state index in [4.69, 9.17) is 4.74 Å². The standard InChI is InChI=1S/C19H26N2O3S/c1-19(2,3)24-18(22)20(4)12-13-10-11-25(23)17-14-8-6-7-9-15(14)21(5)16(13)17/h6-9,13H,10-12H2,1-5H3. The predicted molar refractivity (Wildman–Crippen MR) is 100 cm³/mol. The zero-order valence-electron chi connectivity index (χ0n) is 15.5. The van der Waals surface area contributed by atoms with Crippen LogP contribution in [0, 0.1) is 0 Å². The molecule has 5 nitrogen and oxygen atoms in total.